The molecule has 3 fully saturated rings. The standard InChI is InChI=1S/C22H32O3/c1-14(23)25-22(4)12-9-19-17-6-5-15-13-16(24)7-10-20(15,2)18(17)8-11-21(19,22)3/h13,17-19H,5-12H2,1-4H3/t17?,18?,19?,20-,21-,22-/m0/s1. The number of hydrogen-bond donors (Lipinski definition) is 0. The van der Waals surface area contributed by atoms with Gasteiger partial charge in [0.05, 0.1) is 0 Å². The third kappa shape index (κ3) is 2.30. The molecular weight excluding hydrogens is 312 g/mol. The van der Waals surface area contributed by atoms with Gasteiger partial charge in [-0.15, -0.1) is 0 Å². The average Bonchev–Trinajstić information content (AvgIpc) is 2.79. The summed E-state index contributed by atoms with van der Waals surface area (Å²) in [5.74, 6) is 2.24. The molecule has 0 radical (unpaired) electrons. The second kappa shape index (κ2) is 5.44. The van der Waals surface area contributed by atoms with E-state index < -0.39 is 0 Å². The number of esters is 1. The van der Waals surface area contributed by atoms with Crippen LogP contribution in [0.4, 0.5) is 0 Å². The lowest BCUT2D eigenvalue weighted by Gasteiger charge is -2.59. The summed E-state index contributed by atoms with van der Waals surface area (Å²) in [4.78, 5) is 23.6. The molecule has 0 aromatic heterocycles. The highest BCUT2D eigenvalue weighted by Gasteiger charge is 2.64. The van der Waals surface area contributed by atoms with Gasteiger partial charge in [-0.25, -0.2) is 0 Å². The van der Waals surface area contributed by atoms with Gasteiger partial charge in [0.15, 0.2) is 5.78 Å². The molecule has 3 unspecified atom stereocenters. The number of ether oxygens (including phenoxy) is 1. The van der Waals surface area contributed by atoms with Crippen LogP contribution in [0.25, 0.3) is 0 Å². The monoisotopic (exact) mass is 344 g/mol. The average molecular weight is 344 g/mol. The maximum absolute atomic E-state index is 11.9. The predicted molar refractivity (Wildman–Crippen MR) is 96.9 cm³/mol. The molecule has 0 N–H and O–H groups in total. The minimum atomic E-state index is -0.311. The van der Waals surface area contributed by atoms with Gasteiger partial charge in [-0.2, -0.15) is 0 Å². The molecule has 0 bridgehead atoms. The first-order valence-electron chi connectivity index (χ1n) is 10.1. The van der Waals surface area contributed by atoms with Gasteiger partial charge in [-0.05, 0) is 81.1 Å². The summed E-state index contributed by atoms with van der Waals surface area (Å²) in [7, 11) is 0. The fourth-order valence-corrected chi connectivity index (χ4v) is 7.27. The minimum Gasteiger partial charge on any atom is -0.459 e. The Bertz CT molecular complexity index is 650. The third-order valence-electron chi connectivity index (χ3n) is 8.86. The fraction of sp³-hybridized carbons (Fsp3) is 0.818. The normalized spacial score (nSPS) is 48.9. The maximum Gasteiger partial charge on any atom is 0.303 e. The molecule has 4 aliphatic carbocycles. The zero-order valence-electron chi connectivity index (χ0n) is 16.2. The highest BCUT2D eigenvalue weighted by Crippen LogP contribution is 2.68. The van der Waals surface area contributed by atoms with Crippen molar-refractivity contribution >= 4 is 11.8 Å². The van der Waals surface area contributed by atoms with Crippen LogP contribution in [0.5, 0.6) is 0 Å². The van der Waals surface area contributed by atoms with E-state index in [0.717, 1.165) is 32.1 Å². The Kier molecular flexibility index (Phi) is 3.76. The second-order valence-corrected chi connectivity index (χ2v) is 9.79. The molecule has 6 atom stereocenters. The van der Waals surface area contributed by atoms with E-state index in [1.165, 1.54) is 24.8 Å². The van der Waals surface area contributed by atoms with Crippen LogP contribution < -0.4 is 0 Å². The van der Waals surface area contributed by atoms with Gasteiger partial charge in [0.25, 0.3) is 0 Å². The Hall–Kier alpha value is -1.12. The Morgan fingerprint density at radius 2 is 1.76 bits per heavy atom. The van der Waals surface area contributed by atoms with Crippen molar-refractivity contribution in [1.29, 1.82) is 0 Å². The van der Waals surface area contributed by atoms with E-state index in [1.807, 2.05) is 6.08 Å². The molecule has 0 heterocycles. The number of fused-ring (bicyclic) bond motifs is 5. The smallest absolute Gasteiger partial charge is 0.303 e. The molecule has 0 amide bonds. The number of ketones is 1. The Labute approximate surface area is 151 Å². The van der Waals surface area contributed by atoms with Gasteiger partial charge in [0.1, 0.15) is 5.60 Å². The van der Waals surface area contributed by atoms with Crippen LogP contribution in [-0.2, 0) is 14.3 Å². The highest BCUT2D eigenvalue weighted by molar-refractivity contribution is 5.91. The van der Waals surface area contributed by atoms with Crippen LogP contribution in [0.2, 0.25) is 0 Å². The lowest BCUT2D eigenvalue weighted by Crippen LogP contribution is -2.55. The Morgan fingerprint density at radius 3 is 2.48 bits per heavy atom. The van der Waals surface area contributed by atoms with Crippen molar-refractivity contribution in [3.8, 4) is 0 Å². The van der Waals surface area contributed by atoms with Crippen molar-refractivity contribution < 1.29 is 14.3 Å². The first-order chi connectivity index (χ1) is 11.7. The number of rotatable bonds is 1. The molecular formula is C22H32O3. The highest BCUT2D eigenvalue weighted by atomic mass is 16.6. The van der Waals surface area contributed by atoms with E-state index in [1.54, 1.807) is 6.92 Å². The largest absolute Gasteiger partial charge is 0.459 e. The number of carbonyl (C=O) groups excluding carboxylic acids is 2. The SMILES string of the molecule is CC(=O)O[C@@]1(C)CCC2C3CCC4=CC(=O)CC[C@]4(C)C3CC[C@@]21C. The van der Waals surface area contributed by atoms with Crippen LogP contribution >= 0.6 is 0 Å². The first kappa shape index (κ1) is 17.3. The van der Waals surface area contributed by atoms with E-state index >= 15 is 0 Å². The van der Waals surface area contributed by atoms with E-state index in [4.69, 9.17) is 4.74 Å². The van der Waals surface area contributed by atoms with Crippen molar-refractivity contribution in [2.75, 3.05) is 0 Å². The first-order valence-corrected chi connectivity index (χ1v) is 10.1. The summed E-state index contributed by atoms with van der Waals surface area (Å²) in [6.45, 7) is 8.52. The maximum atomic E-state index is 11.9. The van der Waals surface area contributed by atoms with Gasteiger partial charge in [-0.3, -0.25) is 9.59 Å². The summed E-state index contributed by atoms with van der Waals surface area (Å²) in [6, 6.07) is 0. The van der Waals surface area contributed by atoms with Gasteiger partial charge in [0, 0.05) is 18.8 Å². The molecule has 0 aromatic rings. The topological polar surface area (TPSA) is 43.4 Å². The summed E-state index contributed by atoms with van der Waals surface area (Å²) >= 11 is 0. The van der Waals surface area contributed by atoms with Crippen LogP contribution in [0.3, 0.4) is 0 Å². The van der Waals surface area contributed by atoms with E-state index in [-0.39, 0.29) is 22.4 Å². The molecule has 0 aromatic carbocycles. The van der Waals surface area contributed by atoms with Crippen molar-refractivity contribution in [3.63, 3.8) is 0 Å². The number of carbonyl (C=O) groups is 2. The number of hydrogen-bond acceptors (Lipinski definition) is 3. The lowest BCUT2D eigenvalue weighted by atomic mass is 9.46. The Morgan fingerprint density at radius 1 is 1.04 bits per heavy atom. The summed E-state index contributed by atoms with van der Waals surface area (Å²) in [5.41, 5.74) is 1.43. The van der Waals surface area contributed by atoms with Crippen LogP contribution in [0, 0.1) is 28.6 Å². The van der Waals surface area contributed by atoms with Gasteiger partial charge in [0.2, 0.25) is 0 Å². The molecule has 3 saturated carbocycles. The van der Waals surface area contributed by atoms with Gasteiger partial charge in [-0.1, -0.05) is 19.4 Å². The fourth-order valence-electron chi connectivity index (χ4n) is 7.27. The zero-order valence-corrected chi connectivity index (χ0v) is 16.2. The van der Waals surface area contributed by atoms with E-state index in [2.05, 4.69) is 20.8 Å². The predicted octanol–water partition coefficient (Wildman–Crippen LogP) is 4.84. The molecule has 4 rings (SSSR count). The molecule has 0 saturated heterocycles. The molecule has 3 nitrogen and oxygen atoms in total. The minimum absolute atomic E-state index is 0.0991. The van der Waals surface area contributed by atoms with Crippen molar-refractivity contribution in [2.24, 2.45) is 28.6 Å². The third-order valence-corrected chi connectivity index (χ3v) is 8.86. The molecule has 25 heavy (non-hydrogen) atoms. The van der Waals surface area contributed by atoms with Gasteiger partial charge >= 0.3 is 5.97 Å². The summed E-state index contributed by atoms with van der Waals surface area (Å²) in [6.07, 6.45) is 10.5. The quantitative estimate of drug-likeness (QED) is 0.639. The van der Waals surface area contributed by atoms with Crippen molar-refractivity contribution in [3.05, 3.63) is 11.6 Å². The lowest BCUT2D eigenvalue weighted by molar-refractivity contribution is -0.177. The van der Waals surface area contributed by atoms with Crippen molar-refractivity contribution in [2.45, 2.75) is 84.7 Å². The van der Waals surface area contributed by atoms with Crippen LogP contribution in [-0.4, -0.2) is 17.4 Å². The van der Waals surface area contributed by atoms with Gasteiger partial charge < -0.3 is 4.74 Å². The summed E-state index contributed by atoms with van der Waals surface area (Å²) in [5, 5.41) is 0. The second-order valence-electron chi connectivity index (χ2n) is 9.79. The van der Waals surface area contributed by atoms with E-state index in [9.17, 15) is 9.59 Å². The van der Waals surface area contributed by atoms with Crippen LogP contribution in [0.15, 0.2) is 11.6 Å². The number of allylic oxidation sites excluding steroid dienone is 1. The van der Waals surface area contributed by atoms with Crippen LogP contribution in [0.1, 0.15) is 79.1 Å². The Balaban J connectivity index is 1.66. The summed E-state index contributed by atoms with van der Waals surface area (Å²) < 4.78 is 5.90. The van der Waals surface area contributed by atoms with Crippen molar-refractivity contribution in [1.82, 2.24) is 0 Å². The zero-order chi connectivity index (χ0) is 18.0. The van der Waals surface area contributed by atoms with E-state index in [0.29, 0.717) is 23.5 Å². The molecule has 0 spiro atoms. The molecule has 3 heteroatoms. The molecule has 4 aliphatic rings. The molecule has 0 aliphatic heterocycles. The molecule has 138 valence electrons.